The number of aliphatic hydroxyl groups is 1. The summed E-state index contributed by atoms with van der Waals surface area (Å²) in [7, 11) is 2.02. The van der Waals surface area contributed by atoms with Gasteiger partial charge < -0.3 is 15.3 Å². The number of halogens is 1. The predicted molar refractivity (Wildman–Crippen MR) is 66.7 cm³/mol. The van der Waals surface area contributed by atoms with Gasteiger partial charge in [-0.25, -0.2) is 4.39 Å². The van der Waals surface area contributed by atoms with Crippen LogP contribution in [0, 0.1) is 12.7 Å². The van der Waals surface area contributed by atoms with Gasteiger partial charge >= 0.3 is 0 Å². The lowest BCUT2D eigenvalue weighted by Crippen LogP contribution is -2.44. The van der Waals surface area contributed by atoms with Gasteiger partial charge in [0, 0.05) is 18.8 Å². The van der Waals surface area contributed by atoms with E-state index < -0.39 is 0 Å². The van der Waals surface area contributed by atoms with Crippen molar-refractivity contribution >= 4 is 5.69 Å². The standard InChI is InChI=1S/C13H19FN2O/c1-10-5-11(14)7-12(6-10)15-13(9-17)3-4-16(2)8-13/h5-7,15,17H,3-4,8-9H2,1-2H3. The van der Waals surface area contributed by atoms with Crippen molar-refractivity contribution in [1.82, 2.24) is 4.90 Å². The Morgan fingerprint density at radius 3 is 2.76 bits per heavy atom. The second-order valence-electron chi connectivity index (χ2n) is 5.07. The van der Waals surface area contributed by atoms with E-state index in [0.717, 1.165) is 30.8 Å². The van der Waals surface area contributed by atoms with Crippen molar-refractivity contribution in [3.8, 4) is 0 Å². The summed E-state index contributed by atoms with van der Waals surface area (Å²) >= 11 is 0. The van der Waals surface area contributed by atoms with Gasteiger partial charge in [-0.05, 0) is 44.2 Å². The molecule has 0 spiro atoms. The minimum absolute atomic E-state index is 0.0624. The molecule has 94 valence electrons. The average Bonchev–Trinajstić information content (AvgIpc) is 2.59. The van der Waals surface area contributed by atoms with E-state index in [1.54, 1.807) is 0 Å². The Bertz CT molecular complexity index is 390. The lowest BCUT2D eigenvalue weighted by Gasteiger charge is -2.29. The summed E-state index contributed by atoms with van der Waals surface area (Å²) in [4.78, 5) is 2.16. The first-order valence-electron chi connectivity index (χ1n) is 5.88. The van der Waals surface area contributed by atoms with Crippen molar-refractivity contribution in [3.05, 3.63) is 29.6 Å². The molecular formula is C13H19FN2O. The molecule has 1 fully saturated rings. The van der Waals surface area contributed by atoms with Crippen LogP contribution in [0.25, 0.3) is 0 Å². The van der Waals surface area contributed by atoms with Crippen LogP contribution >= 0.6 is 0 Å². The number of anilines is 1. The van der Waals surface area contributed by atoms with Crippen LogP contribution in [-0.2, 0) is 0 Å². The summed E-state index contributed by atoms with van der Waals surface area (Å²) in [5.74, 6) is -0.244. The molecule has 3 nitrogen and oxygen atoms in total. The molecule has 1 heterocycles. The second kappa shape index (κ2) is 4.63. The SMILES string of the molecule is Cc1cc(F)cc(NC2(CO)CCN(C)C2)c1. The number of likely N-dealkylation sites (tertiary alicyclic amines) is 1. The molecule has 0 saturated carbocycles. The lowest BCUT2D eigenvalue weighted by molar-refractivity contribution is 0.212. The molecule has 1 atom stereocenters. The average molecular weight is 238 g/mol. The third-order valence-corrected chi connectivity index (χ3v) is 3.30. The van der Waals surface area contributed by atoms with Crippen molar-refractivity contribution in [1.29, 1.82) is 0 Å². The topological polar surface area (TPSA) is 35.5 Å². The van der Waals surface area contributed by atoms with Crippen LogP contribution in [0.5, 0.6) is 0 Å². The highest BCUT2D eigenvalue weighted by Crippen LogP contribution is 2.26. The summed E-state index contributed by atoms with van der Waals surface area (Å²) < 4.78 is 13.3. The summed E-state index contributed by atoms with van der Waals surface area (Å²) in [6.45, 7) is 3.65. The van der Waals surface area contributed by atoms with Gasteiger partial charge in [0.05, 0.1) is 12.1 Å². The van der Waals surface area contributed by atoms with E-state index >= 15 is 0 Å². The fraction of sp³-hybridized carbons (Fsp3) is 0.538. The van der Waals surface area contributed by atoms with Crippen LogP contribution in [0.15, 0.2) is 18.2 Å². The van der Waals surface area contributed by atoms with Crippen molar-refractivity contribution in [2.24, 2.45) is 0 Å². The van der Waals surface area contributed by atoms with Gasteiger partial charge in [-0.15, -0.1) is 0 Å². The quantitative estimate of drug-likeness (QED) is 0.840. The van der Waals surface area contributed by atoms with Gasteiger partial charge in [-0.1, -0.05) is 0 Å². The van der Waals surface area contributed by atoms with E-state index in [-0.39, 0.29) is 18.0 Å². The van der Waals surface area contributed by atoms with Gasteiger partial charge in [0.1, 0.15) is 5.82 Å². The van der Waals surface area contributed by atoms with Crippen LogP contribution in [-0.4, -0.2) is 42.3 Å². The second-order valence-corrected chi connectivity index (χ2v) is 5.07. The molecule has 2 N–H and O–H groups in total. The largest absolute Gasteiger partial charge is 0.394 e. The van der Waals surface area contributed by atoms with Gasteiger partial charge in [0.15, 0.2) is 0 Å². The Hall–Kier alpha value is -1.13. The summed E-state index contributed by atoms with van der Waals surface area (Å²) in [6.07, 6.45) is 0.871. The van der Waals surface area contributed by atoms with E-state index in [4.69, 9.17) is 0 Å². The highest BCUT2D eigenvalue weighted by Gasteiger charge is 2.36. The van der Waals surface area contributed by atoms with Crippen LogP contribution < -0.4 is 5.32 Å². The Morgan fingerprint density at radius 1 is 1.47 bits per heavy atom. The molecule has 0 radical (unpaired) electrons. The third kappa shape index (κ3) is 2.76. The van der Waals surface area contributed by atoms with E-state index in [1.165, 1.54) is 12.1 Å². The molecular weight excluding hydrogens is 219 g/mol. The molecule has 4 heteroatoms. The highest BCUT2D eigenvalue weighted by atomic mass is 19.1. The number of aryl methyl sites for hydroxylation is 1. The van der Waals surface area contributed by atoms with Gasteiger partial charge in [0.2, 0.25) is 0 Å². The van der Waals surface area contributed by atoms with Crippen LogP contribution in [0.1, 0.15) is 12.0 Å². The first-order valence-corrected chi connectivity index (χ1v) is 5.88. The van der Waals surface area contributed by atoms with E-state index in [9.17, 15) is 9.50 Å². The van der Waals surface area contributed by atoms with Crippen LogP contribution in [0.3, 0.4) is 0 Å². The van der Waals surface area contributed by atoms with E-state index in [2.05, 4.69) is 10.2 Å². The summed E-state index contributed by atoms with van der Waals surface area (Å²) in [6, 6.07) is 4.87. The minimum Gasteiger partial charge on any atom is -0.394 e. The summed E-state index contributed by atoms with van der Waals surface area (Å²) in [5.41, 5.74) is 1.29. The number of nitrogens with one attached hydrogen (secondary N) is 1. The number of hydrogen-bond acceptors (Lipinski definition) is 3. The Balaban J connectivity index is 2.18. The molecule has 1 unspecified atom stereocenters. The van der Waals surface area contributed by atoms with Gasteiger partial charge in [-0.2, -0.15) is 0 Å². The predicted octanol–water partition coefficient (Wildman–Crippen LogP) is 1.61. The molecule has 17 heavy (non-hydrogen) atoms. The fourth-order valence-electron chi connectivity index (χ4n) is 2.46. The molecule has 1 aromatic rings. The fourth-order valence-corrected chi connectivity index (χ4v) is 2.46. The van der Waals surface area contributed by atoms with Gasteiger partial charge in [-0.3, -0.25) is 0 Å². The zero-order valence-corrected chi connectivity index (χ0v) is 10.3. The number of aliphatic hydroxyl groups excluding tert-OH is 1. The van der Waals surface area contributed by atoms with Crippen molar-refractivity contribution < 1.29 is 9.50 Å². The maximum absolute atomic E-state index is 13.3. The zero-order valence-electron chi connectivity index (χ0n) is 10.3. The highest BCUT2D eigenvalue weighted by molar-refractivity contribution is 5.48. The molecule has 0 aliphatic carbocycles. The molecule has 1 aliphatic rings. The number of nitrogens with zero attached hydrogens (tertiary/aromatic N) is 1. The number of rotatable bonds is 3. The van der Waals surface area contributed by atoms with Crippen molar-refractivity contribution in [2.75, 3.05) is 32.1 Å². The third-order valence-electron chi connectivity index (χ3n) is 3.30. The lowest BCUT2D eigenvalue weighted by atomic mass is 9.99. The zero-order chi connectivity index (χ0) is 12.5. The maximum Gasteiger partial charge on any atom is 0.125 e. The number of hydrogen-bond donors (Lipinski definition) is 2. The van der Waals surface area contributed by atoms with Gasteiger partial charge in [0.25, 0.3) is 0 Å². The maximum atomic E-state index is 13.3. The Kier molecular flexibility index (Phi) is 3.35. The molecule has 0 aromatic heterocycles. The normalized spacial score (nSPS) is 25.2. The van der Waals surface area contributed by atoms with Crippen LogP contribution in [0.2, 0.25) is 0 Å². The first kappa shape index (κ1) is 12.3. The molecule has 2 rings (SSSR count). The molecule has 0 bridgehead atoms. The van der Waals surface area contributed by atoms with Crippen molar-refractivity contribution in [3.63, 3.8) is 0 Å². The minimum atomic E-state index is -0.338. The first-order chi connectivity index (χ1) is 8.03. The van der Waals surface area contributed by atoms with E-state index in [1.807, 2.05) is 20.0 Å². The molecule has 1 aromatic carbocycles. The number of benzene rings is 1. The van der Waals surface area contributed by atoms with E-state index in [0.29, 0.717) is 0 Å². The Labute approximate surface area is 101 Å². The Morgan fingerprint density at radius 2 is 2.24 bits per heavy atom. The monoisotopic (exact) mass is 238 g/mol. The number of likely N-dealkylation sites (N-methyl/N-ethyl adjacent to an activating group) is 1. The van der Waals surface area contributed by atoms with Crippen molar-refractivity contribution in [2.45, 2.75) is 18.9 Å². The molecule has 1 aliphatic heterocycles. The molecule has 0 amide bonds. The smallest absolute Gasteiger partial charge is 0.125 e. The summed E-state index contributed by atoms with van der Waals surface area (Å²) in [5, 5.41) is 12.8. The van der Waals surface area contributed by atoms with Crippen LogP contribution in [0.4, 0.5) is 10.1 Å². The molecule has 1 saturated heterocycles.